The van der Waals surface area contributed by atoms with Gasteiger partial charge in [0, 0.05) is 0 Å². The summed E-state index contributed by atoms with van der Waals surface area (Å²) in [7, 11) is 0. The molecule has 1 nitrogen and oxygen atoms in total. The van der Waals surface area contributed by atoms with Gasteiger partial charge in [-0.25, -0.2) is 0 Å². The molecule has 0 aromatic heterocycles. The van der Waals surface area contributed by atoms with Gasteiger partial charge < -0.3 is 0 Å². The first-order chi connectivity index (χ1) is 10.3. The van der Waals surface area contributed by atoms with E-state index in [-0.39, 0.29) is 0 Å². The van der Waals surface area contributed by atoms with E-state index in [4.69, 9.17) is 0 Å². The van der Waals surface area contributed by atoms with E-state index < -0.39 is 0 Å². The highest BCUT2D eigenvalue weighted by Gasteiger charge is 2.20. The lowest BCUT2D eigenvalue weighted by atomic mass is 9.78. The summed E-state index contributed by atoms with van der Waals surface area (Å²) in [6.45, 7) is 2.25. The molecule has 2 heteroatoms. The lowest BCUT2D eigenvalue weighted by molar-refractivity contribution is 0.375. The van der Waals surface area contributed by atoms with Crippen LogP contribution in [0.25, 0.3) is 0 Å². The molecule has 1 fully saturated rings. The normalized spacial score (nSPS) is 22.1. The van der Waals surface area contributed by atoms with Crippen molar-refractivity contribution in [3.63, 3.8) is 0 Å². The van der Waals surface area contributed by atoms with Crippen LogP contribution in [0.5, 0.6) is 0 Å². The van der Waals surface area contributed by atoms with Crippen molar-refractivity contribution in [2.24, 2.45) is 10.9 Å². The molecule has 0 amide bonds. The number of nitrogens with zero attached hydrogens (tertiary/aromatic N) is 1. The van der Waals surface area contributed by atoms with E-state index in [9.17, 15) is 0 Å². The lowest BCUT2D eigenvalue weighted by Crippen LogP contribution is -2.11. The van der Waals surface area contributed by atoms with Crippen molar-refractivity contribution in [1.82, 2.24) is 0 Å². The van der Waals surface area contributed by atoms with E-state index in [1.807, 2.05) is 12.1 Å². The fraction of sp³-hybridized carbons (Fsp3) is 0.526. The zero-order valence-electron chi connectivity index (χ0n) is 12.9. The first-order valence-corrected chi connectivity index (χ1v) is 8.58. The van der Waals surface area contributed by atoms with E-state index >= 15 is 0 Å². The van der Waals surface area contributed by atoms with Crippen molar-refractivity contribution in [2.75, 3.05) is 0 Å². The zero-order valence-corrected chi connectivity index (χ0v) is 13.7. The molecule has 1 saturated carbocycles. The Balaban J connectivity index is 1.83. The van der Waals surface area contributed by atoms with Crippen LogP contribution in [0, 0.1) is 5.92 Å². The Bertz CT molecular complexity index is 489. The molecule has 0 saturated heterocycles. The minimum Gasteiger partial charge on any atom is -0.195 e. The number of allylic oxidation sites excluding steroid dienone is 2. The molecule has 0 radical (unpaired) electrons. The van der Waals surface area contributed by atoms with Crippen LogP contribution in [0.1, 0.15) is 63.4 Å². The zero-order chi connectivity index (χ0) is 14.9. The van der Waals surface area contributed by atoms with Crippen LogP contribution >= 0.6 is 12.2 Å². The molecule has 0 heterocycles. The van der Waals surface area contributed by atoms with Crippen LogP contribution < -0.4 is 0 Å². The fourth-order valence-electron chi connectivity index (χ4n) is 3.13. The molecule has 112 valence electrons. The molecule has 0 aliphatic heterocycles. The summed E-state index contributed by atoms with van der Waals surface area (Å²) in [5.41, 5.74) is 2.35. The molecule has 1 aromatic rings. The van der Waals surface area contributed by atoms with Gasteiger partial charge in [0.05, 0.1) is 10.8 Å². The highest BCUT2D eigenvalue weighted by atomic mass is 32.1. The summed E-state index contributed by atoms with van der Waals surface area (Å²) in [6.07, 6.45) is 14.0. The van der Waals surface area contributed by atoms with Gasteiger partial charge in [-0.1, -0.05) is 44.1 Å². The van der Waals surface area contributed by atoms with Gasteiger partial charge in [-0.3, -0.25) is 0 Å². The first kappa shape index (κ1) is 16.1. The largest absolute Gasteiger partial charge is 0.195 e. The Hall–Kier alpha value is -1.24. The number of unbranched alkanes of at least 4 members (excludes halogenated alkanes) is 2. The molecule has 1 aromatic carbocycles. The monoisotopic (exact) mass is 299 g/mol. The molecule has 0 N–H and O–H groups in total. The maximum atomic E-state index is 4.63. The molecule has 0 unspecified atom stereocenters. The van der Waals surface area contributed by atoms with Gasteiger partial charge in [0.2, 0.25) is 0 Å². The topological polar surface area (TPSA) is 12.4 Å². The Labute approximate surface area is 134 Å². The number of thiocarbonyl (C=S) groups is 1. The third kappa shape index (κ3) is 5.22. The number of aliphatic imine (C=N–C) groups is 1. The van der Waals surface area contributed by atoms with Crippen molar-refractivity contribution in [1.29, 1.82) is 0 Å². The van der Waals surface area contributed by atoms with Gasteiger partial charge in [0.25, 0.3) is 0 Å². The van der Waals surface area contributed by atoms with Crippen LogP contribution in [0.4, 0.5) is 5.69 Å². The summed E-state index contributed by atoms with van der Waals surface area (Å²) in [5.74, 6) is 1.52. The Morgan fingerprint density at radius 1 is 1.19 bits per heavy atom. The second kappa shape index (κ2) is 8.92. The van der Waals surface area contributed by atoms with Crippen molar-refractivity contribution < 1.29 is 0 Å². The lowest BCUT2D eigenvalue weighted by Gasteiger charge is -2.27. The van der Waals surface area contributed by atoms with E-state index in [0.717, 1.165) is 17.5 Å². The molecule has 0 bridgehead atoms. The van der Waals surface area contributed by atoms with Gasteiger partial charge in [-0.05, 0) is 73.9 Å². The van der Waals surface area contributed by atoms with Crippen LogP contribution in [-0.2, 0) is 0 Å². The minimum atomic E-state index is 0.718. The molecule has 21 heavy (non-hydrogen) atoms. The predicted molar refractivity (Wildman–Crippen MR) is 94.5 cm³/mol. The SMILES string of the molecule is CCCC/C=C/[C@H]1CC[C@H](c2ccc(N=C=S)cc2)CC1. The summed E-state index contributed by atoms with van der Waals surface area (Å²) in [4.78, 5) is 4.01. The smallest absolute Gasteiger partial charge is 0.0739 e. The van der Waals surface area contributed by atoms with Crippen LogP contribution in [0.3, 0.4) is 0 Å². The average Bonchev–Trinajstić information content (AvgIpc) is 2.53. The van der Waals surface area contributed by atoms with E-state index in [1.165, 1.54) is 50.5 Å². The summed E-state index contributed by atoms with van der Waals surface area (Å²) < 4.78 is 0. The standard InChI is InChI=1S/C19H25NS/c1-2-3-4-5-6-16-7-9-17(10-8-16)18-11-13-19(14-12-18)20-15-21/h5-6,11-14,16-17H,2-4,7-10H2,1H3/b6-5+/t16-,17-. The highest BCUT2D eigenvalue weighted by Crippen LogP contribution is 2.36. The number of isothiocyanates is 1. The van der Waals surface area contributed by atoms with E-state index in [0.29, 0.717) is 0 Å². The molecule has 1 aliphatic carbocycles. The number of benzene rings is 1. The molecular formula is C19H25NS. The quantitative estimate of drug-likeness (QED) is 0.255. The Morgan fingerprint density at radius 2 is 1.90 bits per heavy atom. The summed E-state index contributed by atoms with van der Waals surface area (Å²) in [5, 5.41) is 2.42. The second-order valence-corrected chi connectivity index (χ2v) is 6.16. The van der Waals surface area contributed by atoms with Gasteiger partial charge >= 0.3 is 0 Å². The van der Waals surface area contributed by atoms with Crippen molar-refractivity contribution in [3.8, 4) is 0 Å². The number of hydrogen-bond acceptors (Lipinski definition) is 2. The van der Waals surface area contributed by atoms with Crippen molar-refractivity contribution >= 4 is 23.1 Å². The summed E-state index contributed by atoms with van der Waals surface area (Å²) >= 11 is 4.63. The number of rotatable bonds is 6. The molecule has 1 aliphatic rings. The highest BCUT2D eigenvalue weighted by molar-refractivity contribution is 7.78. The fourth-order valence-corrected chi connectivity index (χ4v) is 3.23. The second-order valence-electron chi connectivity index (χ2n) is 5.98. The third-order valence-corrected chi connectivity index (χ3v) is 4.53. The third-order valence-electron chi connectivity index (χ3n) is 4.44. The van der Waals surface area contributed by atoms with Gasteiger partial charge in [-0.2, -0.15) is 4.99 Å². The van der Waals surface area contributed by atoms with Gasteiger partial charge in [0.1, 0.15) is 0 Å². The van der Waals surface area contributed by atoms with E-state index in [1.54, 1.807) is 0 Å². The Morgan fingerprint density at radius 3 is 2.52 bits per heavy atom. The molecule has 0 atom stereocenters. The maximum absolute atomic E-state index is 4.63. The number of hydrogen-bond donors (Lipinski definition) is 0. The van der Waals surface area contributed by atoms with Crippen LogP contribution in [0.2, 0.25) is 0 Å². The van der Waals surface area contributed by atoms with Gasteiger partial charge in [0.15, 0.2) is 0 Å². The predicted octanol–water partition coefficient (Wildman–Crippen LogP) is 6.44. The van der Waals surface area contributed by atoms with E-state index in [2.05, 4.69) is 53.6 Å². The minimum absolute atomic E-state index is 0.718. The van der Waals surface area contributed by atoms with Crippen molar-refractivity contribution in [3.05, 3.63) is 42.0 Å². The van der Waals surface area contributed by atoms with Gasteiger partial charge in [-0.15, -0.1) is 0 Å². The Kier molecular flexibility index (Phi) is 6.85. The maximum Gasteiger partial charge on any atom is 0.0739 e. The average molecular weight is 299 g/mol. The molecular weight excluding hydrogens is 274 g/mol. The van der Waals surface area contributed by atoms with Crippen LogP contribution in [-0.4, -0.2) is 5.16 Å². The molecule has 0 spiro atoms. The first-order valence-electron chi connectivity index (χ1n) is 8.18. The summed E-state index contributed by atoms with van der Waals surface area (Å²) in [6, 6.07) is 8.50. The van der Waals surface area contributed by atoms with Crippen molar-refractivity contribution in [2.45, 2.75) is 57.8 Å². The van der Waals surface area contributed by atoms with Crippen LogP contribution in [0.15, 0.2) is 41.4 Å². The molecule has 2 rings (SSSR count).